The van der Waals surface area contributed by atoms with Gasteiger partial charge in [-0.2, -0.15) is 0 Å². The standard InChI is InChI=1S/C9H20N2O2/c1-4-5-6-10-9(12)11-8(2)7-13-3/h8H,4-7H2,1-3H3,(H2,10,11,12). The molecule has 0 aromatic rings. The van der Waals surface area contributed by atoms with Crippen molar-refractivity contribution in [3.8, 4) is 0 Å². The predicted molar refractivity (Wildman–Crippen MR) is 52.8 cm³/mol. The molecular weight excluding hydrogens is 168 g/mol. The topological polar surface area (TPSA) is 50.4 Å². The molecule has 0 aliphatic carbocycles. The smallest absolute Gasteiger partial charge is 0.315 e. The monoisotopic (exact) mass is 188 g/mol. The van der Waals surface area contributed by atoms with Crippen LogP contribution in [0.4, 0.5) is 4.79 Å². The second kappa shape index (κ2) is 7.86. The van der Waals surface area contributed by atoms with Crippen LogP contribution in [0.3, 0.4) is 0 Å². The molecule has 2 N–H and O–H groups in total. The molecule has 4 heteroatoms. The highest BCUT2D eigenvalue weighted by Crippen LogP contribution is 1.84. The zero-order chi connectivity index (χ0) is 10.1. The summed E-state index contributed by atoms with van der Waals surface area (Å²) >= 11 is 0. The third kappa shape index (κ3) is 7.59. The van der Waals surface area contributed by atoms with Crippen LogP contribution in [-0.4, -0.2) is 32.3 Å². The second-order valence-corrected chi connectivity index (χ2v) is 3.11. The van der Waals surface area contributed by atoms with Gasteiger partial charge in [0, 0.05) is 13.7 Å². The predicted octanol–water partition coefficient (Wildman–Crippen LogP) is 1.12. The number of ether oxygens (including phenoxy) is 1. The van der Waals surface area contributed by atoms with Crippen LogP contribution in [0, 0.1) is 0 Å². The molecular formula is C9H20N2O2. The Labute approximate surface area is 80.0 Å². The maximum atomic E-state index is 11.1. The van der Waals surface area contributed by atoms with Gasteiger partial charge in [0.15, 0.2) is 0 Å². The van der Waals surface area contributed by atoms with Crippen molar-refractivity contribution in [3.05, 3.63) is 0 Å². The number of hydrogen-bond donors (Lipinski definition) is 2. The number of urea groups is 1. The van der Waals surface area contributed by atoms with Crippen molar-refractivity contribution >= 4 is 6.03 Å². The number of carbonyl (C=O) groups is 1. The summed E-state index contributed by atoms with van der Waals surface area (Å²) < 4.78 is 4.89. The van der Waals surface area contributed by atoms with Gasteiger partial charge in [0.25, 0.3) is 0 Å². The number of nitrogens with one attached hydrogen (secondary N) is 2. The highest BCUT2D eigenvalue weighted by atomic mass is 16.5. The molecule has 1 unspecified atom stereocenters. The number of unbranched alkanes of at least 4 members (excludes halogenated alkanes) is 1. The fourth-order valence-corrected chi connectivity index (χ4v) is 0.945. The van der Waals surface area contributed by atoms with Crippen LogP contribution in [0.1, 0.15) is 26.7 Å². The first-order chi connectivity index (χ1) is 6.20. The molecule has 13 heavy (non-hydrogen) atoms. The van der Waals surface area contributed by atoms with Crippen LogP contribution >= 0.6 is 0 Å². The molecule has 2 amide bonds. The summed E-state index contributed by atoms with van der Waals surface area (Å²) in [5.41, 5.74) is 0. The quantitative estimate of drug-likeness (QED) is 0.614. The van der Waals surface area contributed by atoms with Crippen molar-refractivity contribution in [2.45, 2.75) is 32.7 Å². The fraction of sp³-hybridized carbons (Fsp3) is 0.889. The lowest BCUT2D eigenvalue weighted by molar-refractivity contribution is 0.171. The summed E-state index contributed by atoms with van der Waals surface area (Å²) in [6.07, 6.45) is 2.11. The van der Waals surface area contributed by atoms with E-state index < -0.39 is 0 Å². The van der Waals surface area contributed by atoms with E-state index in [0.29, 0.717) is 6.61 Å². The number of methoxy groups -OCH3 is 1. The lowest BCUT2D eigenvalue weighted by atomic mass is 10.3. The van der Waals surface area contributed by atoms with E-state index in [1.54, 1.807) is 7.11 Å². The minimum atomic E-state index is -0.113. The van der Waals surface area contributed by atoms with Gasteiger partial charge in [-0.05, 0) is 13.3 Å². The molecule has 0 saturated carbocycles. The molecule has 1 atom stereocenters. The minimum Gasteiger partial charge on any atom is -0.383 e. The third-order valence-electron chi connectivity index (χ3n) is 1.61. The van der Waals surface area contributed by atoms with E-state index in [0.717, 1.165) is 19.4 Å². The molecule has 0 heterocycles. The van der Waals surface area contributed by atoms with Crippen molar-refractivity contribution < 1.29 is 9.53 Å². The van der Waals surface area contributed by atoms with Gasteiger partial charge in [0.1, 0.15) is 0 Å². The Morgan fingerprint density at radius 2 is 2.23 bits per heavy atom. The van der Waals surface area contributed by atoms with Gasteiger partial charge in [-0.15, -0.1) is 0 Å². The summed E-state index contributed by atoms with van der Waals surface area (Å²) in [7, 11) is 1.62. The molecule has 78 valence electrons. The first kappa shape index (κ1) is 12.2. The average Bonchev–Trinajstić information content (AvgIpc) is 2.05. The van der Waals surface area contributed by atoms with Gasteiger partial charge in [0.05, 0.1) is 12.6 Å². The maximum absolute atomic E-state index is 11.1. The molecule has 0 fully saturated rings. The Morgan fingerprint density at radius 1 is 1.54 bits per heavy atom. The maximum Gasteiger partial charge on any atom is 0.315 e. The Bertz CT molecular complexity index is 140. The van der Waals surface area contributed by atoms with E-state index in [9.17, 15) is 4.79 Å². The minimum absolute atomic E-state index is 0.0617. The summed E-state index contributed by atoms with van der Waals surface area (Å²) in [4.78, 5) is 11.1. The zero-order valence-electron chi connectivity index (χ0n) is 8.72. The third-order valence-corrected chi connectivity index (χ3v) is 1.61. The van der Waals surface area contributed by atoms with E-state index >= 15 is 0 Å². The molecule has 0 radical (unpaired) electrons. The molecule has 4 nitrogen and oxygen atoms in total. The summed E-state index contributed by atoms with van der Waals surface area (Å²) in [6, 6.07) is -0.0513. The second-order valence-electron chi connectivity index (χ2n) is 3.11. The van der Waals surface area contributed by atoms with E-state index in [2.05, 4.69) is 17.6 Å². The fourth-order valence-electron chi connectivity index (χ4n) is 0.945. The van der Waals surface area contributed by atoms with Crippen molar-refractivity contribution in [3.63, 3.8) is 0 Å². The molecule has 0 spiro atoms. The molecule has 0 aliphatic rings. The lowest BCUT2D eigenvalue weighted by Gasteiger charge is -2.13. The lowest BCUT2D eigenvalue weighted by Crippen LogP contribution is -2.42. The molecule has 0 aromatic heterocycles. The van der Waals surface area contributed by atoms with Gasteiger partial charge in [-0.1, -0.05) is 13.3 Å². The Morgan fingerprint density at radius 3 is 2.77 bits per heavy atom. The Kier molecular flexibility index (Phi) is 7.39. The Balaban J connectivity index is 3.38. The van der Waals surface area contributed by atoms with Gasteiger partial charge in [-0.25, -0.2) is 4.79 Å². The van der Waals surface area contributed by atoms with Crippen LogP contribution < -0.4 is 10.6 Å². The number of rotatable bonds is 6. The number of carbonyl (C=O) groups excluding carboxylic acids is 1. The van der Waals surface area contributed by atoms with E-state index in [1.807, 2.05) is 6.92 Å². The molecule has 0 aliphatic heterocycles. The van der Waals surface area contributed by atoms with E-state index in [1.165, 1.54) is 0 Å². The van der Waals surface area contributed by atoms with Crippen molar-refractivity contribution in [1.82, 2.24) is 10.6 Å². The van der Waals surface area contributed by atoms with Crippen LogP contribution in [0.2, 0.25) is 0 Å². The largest absolute Gasteiger partial charge is 0.383 e. The van der Waals surface area contributed by atoms with Gasteiger partial charge in [0.2, 0.25) is 0 Å². The normalized spacial score (nSPS) is 12.2. The van der Waals surface area contributed by atoms with Gasteiger partial charge in [-0.3, -0.25) is 0 Å². The summed E-state index contributed by atoms with van der Waals surface area (Å²) in [6.45, 7) is 5.28. The SMILES string of the molecule is CCCCNC(=O)NC(C)COC. The molecule has 0 rings (SSSR count). The first-order valence-corrected chi connectivity index (χ1v) is 4.74. The highest BCUT2D eigenvalue weighted by molar-refractivity contribution is 5.74. The van der Waals surface area contributed by atoms with Crippen molar-refractivity contribution in [2.75, 3.05) is 20.3 Å². The average molecular weight is 188 g/mol. The Hall–Kier alpha value is -0.770. The summed E-state index contributed by atoms with van der Waals surface area (Å²) in [5, 5.41) is 5.53. The van der Waals surface area contributed by atoms with E-state index in [4.69, 9.17) is 4.74 Å². The first-order valence-electron chi connectivity index (χ1n) is 4.74. The molecule has 0 aromatic carbocycles. The van der Waals surface area contributed by atoms with Crippen molar-refractivity contribution in [2.24, 2.45) is 0 Å². The van der Waals surface area contributed by atoms with Gasteiger partial charge < -0.3 is 15.4 Å². The van der Waals surface area contributed by atoms with Crippen molar-refractivity contribution in [1.29, 1.82) is 0 Å². The molecule has 0 saturated heterocycles. The molecule has 0 bridgehead atoms. The number of hydrogen-bond acceptors (Lipinski definition) is 2. The summed E-state index contributed by atoms with van der Waals surface area (Å²) in [5.74, 6) is 0. The van der Waals surface area contributed by atoms with Crippen LogP contribution in [-0.2, 0) is 4.74 Å². The van der Waals surface area contributed by atoms with E-state index in [-0.39, 0.29) is 12.1 Å². The number of amides is 2. The zero-order valence-corrected chi connectivity index (χ0v) is 8.72. The van der Waals surface area contributed by atoms with Crippen LogP contribution in [0.5, 0.6) is 0 Å². The van der Waals surface area contributed by atoms with Crippen LogP contribution in [0.25, 0.3) is 0 Å². The van der Waals surface area contributed by atoms with Crippen LogP contribution in [0.15, 0.2) is 0 Å². The highest BCUT2D eigenvalue weighted by Gasteiger charge is 2.04. The van der Waals surface area contributed by atoms with Gasteiger partial charge >= 0.3 is 6.03 Å².